The van der Waals surface area contributed by atoms with E-state index in [9.17, 15) is 0 Å². The van der Waals surface area contributed by atoms with Gasteiger partial charge in [0.05, 0.1) is 0 Å². The van der Waals surface area contributed by atoms with Gasteiger partial charge in [0.15, 0.2) is 0 Å². The first-order valence-electron chi connectivity index (χ1n) is 3.81. The molecule has 0 atom stereocenters. The second-order valence-corrected chi connectivity index (χ2v) is 2.32. The van der Waals surface area contributed by atoms with E-state index in [0.29, 0.717) is 0 Å². The first-order valence-corrected chi connectivity index (χ1v) is 3.81. The van der Waals surface area contributed by atoms with Gasteiger partial charge in [-0.1, -0.05) is 0 Å². The van der Waals surface area contributed by atoms with Crippen LogP contribution in [0.15, 0.2) is 12.0 Å². The third kappa shape index (κ3) is 1.44. The predicted octanol–water partition coefficient (Wildman–Crippen LogP) is 1.54. The van der Waals surface area contributed by atoms with Crippen molar-refractivity contribution in [2.45, 2.75) is 26.7 Å². The average Bonchev–Trinajstić information content (AvgIpc) is 2.04. The molecule has 0 saturated heterocycles. The molecule has 0 aliphatic rings. The summed E-state index contributed by atoms with van der Waals surface area (Å²) in [6, 6.07) is 2.14. The predicted molar refractivity (Wildman–Crippen MR) is 44.3 cm³/mol. The summed E-state index contributed by atoms with van der Waals surface area (Å²) in [5.41, 5.74) is 2.62. The van der Waals surface area contributed by atoms with E-state index in [4.69, 9.17) is 0 Å². The molecule has 0 aliphatic heterocycles. The minimum atomic E-state index is 1.05. The van der Waals surface area contributed by atoms with E-state index < -0.39 is 0 Å². The summed E-state index contributed by atoms with van der Waals surface area (Å²) < 4.78 is 0. The minimum absolute atomic E-state index is 1.05. The van der Waals surface area contributed by atoms with Crippen molar-refractivity contribution in [3.63, 3.8) is 0 Å². The van der Waals surface area contributed by atoms with Crippen LogP contribution in [-0.2, 0) is 12.8 Å². The summed E-state index contributed by atoms with van der Waals surface area (Å²) in [4.78, 5) is 4.27. The normalized spacial score (nSPS) is 9.40. The zero-order chi connectivity index (χ0) is 7.40. The summed E-state index contributed by atoms with van der Waals surface area (Å²) >= 11 is 0. The first-order chi connectivity index (χ1) is 4.88. The van der Waals surface area contributed by atoms with E-state index in [-0.39, 0.29) is 0 Å². The van der Waals surface area contributed by atoms with Crippen molar-refractivity contribution < 1.29 is 0 Å². The molecule has 0 radical (unpaired) electrons. The quantitative estimate of drug-likeness (QED) is 0.596. The molecule has 0 amide bonds. The van der Waals surface area contributed by atoms with Crippen LogP contribution >= 0.6 is 0 Å². The Morgan fingerprint density at radius 2 is 2.20 bits per heavy atom. The van der Waals surface area contributed by atoms with Crippen LogP contribution in [0.2, 0.25) is 0 Å². The molecule has 1 heterocycles. The van der Waals surface area contributed by atoms with Crippen molar-refractivity contribution >= 4 is 7.05 Å². The average molecular weight is 133 g/mol. The van der Waals surface area contributed by atoms with Crippen LogP contribution in [0.1, 0.15) is 25.1 Å². The third-order valence-corrected chi connectivity index (χ3v) is 1.70. The summed E-state index contributed by atoms with van der Waals surface area (Å²) in [5, 5.41) is 0. The van der Waals surface area contributed by atoms with Crippen LogP contribution in [0.5, 0.6) is 0 Å². The molecular weight excluding hydrogens is 121 g/mol. The molecule has 52 valence electrons. The molecular formula is C8H12BN. The van der Waals surface area contributed by atoms with Crippen LogP contribution in [0.25, 0.3) is 0 Å². The molecule has 0 aliphatic carbocycles. The van der Waals surface area contributed by atoms with Gasteiger partial charge in [-0.25, -0.2) is 0 Å². The molecule has 2 heteroatoms. The monoisotopic (exact) mass is 133 g/mol. The molecule has 1 rings (SSSR count). The molecule has 1 nitrogen and oxygen atoms in total. The third-order valence-electron chi connectivity index (χ3n) is 1.70. The van der Waals surface area contributed by atoms with E-state index in [0.717, 1.165) is 12.8 Å². The van der Waals surface area contributed by atoms with E-state index in [1.807, 2.05) is 13.0 Å². The van der Waals surface area contributed by atoms with Crippen molar-refractivity contribution in [2.75, 3.05) is 0 Å². The van der Waals surface area contributed by atoms with Gasteiger partial charge in [-0.3, -0.25) is 0 Å². The Hall–Kier alpha value is -0.655. The summed E-state index contributed by atoms with van der Waals surface area (Å²) in [6.07, 6.45) is 2.14. The van der Waals surface area contributed by atoms with Gasteiger partial charge in [0, 0.05) is 0 Å². The van der Waals surface area contributed by atoms with Gasteiger partial charge in [0.25, 0.3) is 0 Å². The van der Waals surface area contributed by atoms with Gasteiger partial charge in [-0.2, -0.15) is 0 Å². The Labute approximate surface area is 62.7 Å². The fourth-order valence-electron chi connectivity index (χ4n) is 1.11. The summed E-state index contributed by atoms with van der Waals surface area (Å²) in [5.74, 6) is 2.00. The molecule has 0 spiro atoms. The molecule has 1 aromatic rings. The zero-order valence-corrected chi connectivity index (χ0v) is 6.59. The topological polar surface area (TPSA) is 12.9 Å². The standard InChI is InChI=1S/C8H12BN/c1-3-7-5-6-9-10-8(7)4-2/h5-6H,3-4H2,1-2H3. The maximum atomic E-state index is 4.27. The second-order valence-electron chi connectivity index (χ2n) is 2.32. The van der Waals surface area contributed by atoms with Crippen molar-refractivity contribution in [2.24, 2.45) is 0 Å². The molecule has 0 fully saturated rings. The molecule has 0 unspecified atom stereocenters. The van der Waals surface area contributed by atoms with Crippen LogP contribution in [-0.4, -0.2) is 11.9 Å². The van der Waals surface area contributed by atoms with Gasteiger partial charge < -0.3 is 0 Å². The molecule has 0 aromatic carbocycles. The van der Waals surface area contributed by atoms with E-state index in [1.54, 1.807) is 0 Å². The maximum absolute atomic E-state index is 4.27. The Balaban J connectivity index is 2.96. The van der Waals surface area contributed by atoms with Crippen LogP contribution in [0.3, 0.4) is 0 Å². The zero-order valence-electron chi connectivity index (χ0n) is 6.59. The van der Waals surface area contributed by atoms with Crippen molar-refractivity contribution in [1.82, 2.24) is 4.89 Å². The number of nitrogens with zero attached hydrogens (tertiary/aromatic N) is 1. The number of hydrogen-bond acceptors (Lipinski definition) is 1. The Bertz CT molecular complexity index is 187. The fraction of sp³-hybridized carbons (Fsp3) is 0.500. The Morgan fingerprint density at radius 1 is 1.40 bits per heavy atom. The Morgan fingerprint density at radius 3 is 2.70 bits per heavy atom. The molecule has 0 bridgehead atoms. The van der Waals surface area contributed by atoms with Crippen LogP contribution < -0.4 is 0 Å². The van der Waals surface area contributed by atoms with Crippen molar-refractivity contribution in [3.05, 3.63) is 23.3 Å². The molecule has 0 saturated carbocycles. The Kier molecular flexibility index (Phi) is 2.61. The van der Waals surface area contributed by atoms with E-state index in [1.165, 1.54) is 11.3 Å². The van der Waals surface area contributed by atoms with Crippen molar-refractivity contribution in [3.8, 4) is 0 Å². The van der Waals surface area contributed by atoms with Crippen LogP contribution in [0, 0.1) is 0 Å². The van der Waals surface area contributed by atoms with Gasteiger partial charge in [0.2, 0.25) is 0 Å². The van der Waals surface area contributed by atoms with Gasteiger partial charge >= 0.3 is 61.9 Å². The van der Waals surface area contributed by atoms with Gasteiger partial charge in [-0.05, 0) is 0 Å². The van der Waals surface area contributed by atoms with E-state index >= 15 is 0 Å². The molecule has 0 N–H and O–H groups in total. The summed E-state index contributed by atoms with van der Waals surface area (Å²) in [7, 11) is 1.86. The van der Waals surface area contributed by atoms with Crippen molar-refractivity contribution in [1.29, 1.82) is 0 Å². The number of aryl methyl sites for hydroxylation is 2. The summed E-state index contributed by atoms with van der Waals surface area (Å²) in [6.45, 7) is 4.30. The van der Waals surface area contributed by atoms with E-state index in [2.05, 4.69) is 24.8 Å². The first kappa shape index (κ1) is 7.45. The second kappa shape index (κ2) is 3.50. The number of aromatic nitrogens is 1. The number of rotatable bonds is 2. The van der Waals surface area contributed by atoms with Crippen LogP contribution in [0.4, 0.5) is 0 Å². The molecule has 1 aromatic heterocycles. The van der Waals surface area contributed by atoms with Gasteiger partial charge in [-0.15, -0.1) is 0 Å². The van der Waals surface area contributed by atoms with Gasteiger partial charge in [0.1, 0.15) is 0 Å². The molecule has 10 heavy (non-hydrogen) atoms. The fourth-order valence-corrected chi connectivity index (χ4v) is 1.11. The number of hydrogen-bond donors (Lipinski definition) is 0. The SMILES string of the molecule is CCc1ccbnc1CC.